The molecule has 3 unspecified atom stereocenters. The van der Waals surface area contributed by atoms with Crippen LogP contribution in [-0.4, -0.2) is 68.5 Å². The molecule has 2 N–H and O–H groups in total. The first-order valence-electron chi connectivity index (χ1n) is 30.4. The Morgan fingerprint density at radius 3 is 1.22 bits per heavy atom. The lowest BCUT2D eigenvalue weighted by molar-refractivity contribution is -0.870. The van der Waals surface area contributed by atoms with Crippen LogP contribution in [0.5, 0.6) is 0 Å². The molecule has 0 aliphatic heterocycles. The highest BCUT2D eigenvalue weighted by atomic mass is 31.2. The summed E-state index contributed by atoms with van der Waals surface area (Å²) < 4.78 is 23.4. The van der Waals surface area contributed by atoms with Crippen molar-refractivity contribution in [3.63, 3.8) is 0 Å². The zero-order valence-corrected chi connectivity index (χ0v) is 49.2. The van der Waals surface area contributed by atoms with Crippen molar-refractivity contribution in [3.8, 4) is 0 Å². The molecule has 0 aliphatic carbocycles. The fourth-order valence-electron chi connectivity index (χ4n) is 8.63. The molecule has 0 radical (unpaired) electrons. The summed E-state index contributed by atoms with van der Waals surface area (Å²) in [6.45, 7) is 4.55. The van der Waals surface area contributed by atoms with Crippen molar-refractivity contribution >= 4 is 13.7 Å². The Kier molecular flexibility index (Phi) is 52.7. The van der Waals surface area contributed by atoms with Crippen molar-refractivity contribution in [2.45, 2.75) is 276 Å². The number of nitrogens with one attached hydrogen (secondary N) is 1. The average molecular weight is 1040 g/mol. The van der Waals surface area contributed by atoms with Crippen LogP contribution in [0.15, 0.2) is 85.1 Å². The lowest BCUT2D eigenvalue weighted by atomic mass is 10.0. The Bertz CT molecular complexity index is 1460. The van der Waals surface area contributed by atoms with E-state index in [1.165, 1.54) is 154 Å². The molecule has 0 rings (SSSR count). The Morgan fingerprint density at radius 2 is 0.836 bits per heavy atom. The number of phosphoric acid groups is 1. The number of nitrogens with zero attached hydrogens (tertiary/aromatic N) is 1. The van der Waals surface area contributed by atoms with E-state index < -0.39 is 20.0 Å². The molecule has 9 heteroatoms. The van der Waals surface area contributed by atoms with E-state index in [-0.39, 0.29) is 19.1 Å². The lowest BCUT2D eigenvalue weighted by Crippen LogP contribution is -2.45. The maximum atomic E-state index is 13.0. The average Bonchev–Trinajstić information content (AvgIpc) is 3.35. The minimum atomic E-state index is -4.61. The summed E-state index contributed by atoms with van der Waals surface area (Å²) in [5.74, 6) is -0.207. The van der Waals surface area contributed by atoms with Crippen molar-refractivity contribution < 1.29 is 32.9 Å². The van der Waals surface area contributed by atoms with Gasteiger partial charge in [-0.05, 0) is 70.6 Å². The van der Waals surface area contributed by atoms with E-state index in [0.717, 1.165) is 89.9 Å². The molecule has 0 bridgehead atoms. The van der Waals surface area contributed by atoms with Gasteiger partial charge < -0.3 is 28.8 Å². The van der Waals surface area contributed by atoms with E-state index in [4.69, 9.17) is 9.05 Å². The molecular formula is C64H117N2O6P. The molecule has 0 saturated heterocycles. The summed E-state index contributed by atoms with van der Waals surface area (Å²) in [6, 6.07) is -0.898. The van der Waals surface area contributed by atoms with E-state index in [9.17, 15) is 19.4 Å². The predicted octanol–water partition coefficient (Wildman–Crippen LogP) is 18.2. The zero-order chi connectivity index (χ0) is 53.5. The Morgan fingerprint density at radius 1 is 0.493 bits per heavy atom. The van der Waals surface area contributed by atoms with Gasteiger partial charge >= 0.3 is 0 Å². The zero-order valence-electron chi connectivity index (χ0n) is 48.3. The van der Waals surface area contributed by atoms with Gasteiger partial charge in [0.25, 0.3) is 7.82 Å². The second kappa shape index (κ2) is 54.5. The summed E-state index contributed by atoms with van der Waals surface area (Å²) in [5.41, 5.74) is 0. The molecule has 0 spiro atoms. The maximum absolute atomic E-state index is 13.0. The number of aliphatic hydroxyl groups is 1. The molecule has 0 aliphatic rings. The molecule has 0 heterocycles. The minimum Gasteiger partial charge on any atom is -0.756 e. The molecule has 0 aromatic rings. The quantitative estimate of drug-likeness (QED) is 0.0272. The van der Waals surface area contributed by atoms with Gasteiger partial charge in [0, 0.05) is 6.42 Å². The smallest absolute Gasteiger partial charge is 0.268 e. The van der Waals surface area contributed by atoms with Crippen LogP contribution >= 0.6 is 7.82 Å². The third-order valence-corrected chi connectivity index (χ3v) is 14.3. The Labute approximate surface area is 452 Å². The molecule has 0 fully saturated rings. The summed E-state index contributed by atoms with van der Waals surface area (Å²) in [7, 11) is 1.25. The molecule has 73 heavy (non-hydrogen) atoms. The van der Waals surface area contributed by atoms with Crippen LogP contribution in [0.4, 0.5) is 0 Å². The number of hydrogen-bond acceptors (Lipinski definition) is 6. The van der Waals surface area contributed by atoms with Gasteiger partial charge in [0.05, 0.1) is 39.9 Å². The SMILES string of the molecule is CC/C=C\C/C=C\C/C=C\C/C=C\C/C=C\C/C=C\CCCCCCCCCCC(=O)NC(COP(=O)([O-])OCC[N+](C)(C)C)C(O)/C=C/CCCCCCCCCCCCCCCCCCCCCCCC. The normalized spacial score (nSPS) is 14.5. The van der Waals surface area contributed by atoms with Gasteiger partial charge in [0.15, 0.2) is 0 Å². The van der Waals surface area contributed by atoms with Crippen molar-refractivity contribution in [3.05, 3.63) is 85.1 Å². The number of allylic oxidation sites excluding steroid dienone is 13. The highest BCUT2D eigenvalue weighted by Crippen LogP contribution is 2.38. The maximum Gasteiger partial charge on any atom is 0.268 e. The number of aliphatic hydroxyl groups excluding tert-OH is 1. The van der Waals surface area contributed by atoms with E-state index in [0.29, 0.717) is 17.4 Å². The first kappa shape index (κ1) is 70.7. The number of quaternary nitrogens is 1. The van der Waals surface area contributed by atoms with Gasteiger partial charge in [-0.25, -0.2) is 0 Å². The molecule has 424 valence electrons. The standard InChI is InChI=1S/C64H117N2O6P/c1-6-8-10-12-14-16-18-20-22-24-26-28-30-32-33-34-36-38-40-42-44-46-48-50-52-54-56-58-64(68)65-62(61-72-73(69,70)71-60-59-66(3,4)5)63(67)57-55-53-51-49-47-45-43-41-39-37-35-31-29-27-25-23-21-19-17-15-13-11-9-7-2/h8,10,14,16,20,22,26,28,32-33,36,38,55,57,62-63,67H,6-7,9,11-13,15,17-19,21,23-25,27,29-31,34-35,37,39-54,56,58-61H2,1-5H3,(H-,65,68,69,70)/b10-8-,16-14-,22-20-,28-26-,33-32-,38-36-,57-55+. The van der Waals surface area contributed by atoms with Crippen LogP contribution in [0.2, 0.25) is 0 Å². The first-order chi connectivity index (χ1) is 35.5. The number of carbonyl (C=O) groups is 1. The number of likely N-dealkylation sites (N-methyl/N-ethyl adjacent to an activating group) is 1. The fourth-order valence-corrected chi connectivity index (χ4v) is 9.35. The van der Waals surface area contributed by atoms with E-state index in [1.54, 1.807) is 6.08 Å². The van der Waals surface area contributed by atoms with Gasteiger partial charge in [-0.1, -0.05) is 272 Å². The number of carbonyl (C=O) groups excluding carboxylic acids is 1. The predicted molar refractivity (Wildman–Crippen MR) is 316 cm³/mol. The van der Waals surface area contributed by atoms with Crippen LogP contribution < -0.4 is 10.2 Å². The number of unbranched alkanes of at least 4 members (excludes halogenated alkanes) is 30. The van der Waals surface area contributed by atoms with E-state index in [1.807, 2.05) is 27.2 Å². The molecule has 8 nitrogen and oxygen atoms in total. The molecule has 0 aromatic carbocycles. The van der Waals surface area contributed by atoms with E-state index in [2.05, 4.69) is 92.1 Å². The highest BCUT2D eigenvalue weighted by Gasteiger charge is 2.23. The number of rotatable bonds is 55. The van der Waals surface area contributed by atoms with Crippen LogP contribution in [0.1, 0.15) is 264 Å². The number of amides is 1. The summed E-state index contributed by atoms with van der Waals surface area (Å²) in [6.07, 6.45) is 76.6. The van der Waals surface area contributed by atoms with Crippen LogP contribution in [0.25, 0.3) is 0 Å². The van der Waals surface area contributed by atoms with Gasteiger partial charge in [0.1, 0.15) is 13.2 Å². The largest absolute Gasteiger partial charge is 0.756 e. The van der Waals surface area contributed by atoms with Crippen LogP contribution in [-0.2, 0) is 18.4 Å². The third kappa shape index (κ3) is 57.2. The van der Waals surface area contributed by atoms with E-state index >= 15 is 0 Å². The topological polar surface area (TPSA) is 108 Å². The summed E-state index contributed by atoms with van der Waals surface area (Å²) in [5, 5.41) is 13.9. The minimum absolute atomic E-state index is 0.00633. The van der Waals surface area contributed by atoms with Gasteiger partial charge in [-0.15, -0.1) is 0 Å². The van der Waals surface area contributed by atoms with Crippen molar-refractivity contribution in [2.24, 2.45) is 0 Å². The van der Waals surface area contributed by atoms with Crippen molar-refractivity contribution in [1.82, 2.24) is 5.32 Å². The van der Waals surface area contributed by atoms with Crippen LogP contribution in [0, 0.1) is 0 Å². The van der Waals surface area contributed by atoms with Gasteiger partial charge in [-0.3, -0.25) is 9.36 Å². The summed E-state index contributed by atoms with van der Waals surface area (Å²) >= 11 is 0. The Balaban J connectivity index is 4.23. The molecule has 3 atom stereocenters. The third-order valence-electron chi connectivity index (χ3n) is 13.4. The Hall–Kier alpha value is -2.32. The van der Waals surface area contributed by atoms with Gasteiger partial charge in [-0.2, -0.15) is 0 Å². The number of hydrogen-bond donors (Lipinski definition) is 2. The second-order valence-corrected chi connectivity index (χ2v) is 23.1. The molecule has 1 amide bonds. The fraction of sp³-hybridized carbons (Fsp3) is 0.766. The van der Waals surface area contributed by atoms with Gasteiger partial charge in [0.2, 0.25) is 5.91 Å². The van der Waals surface area contributed by atoms with Crippen molar-refractivity contribution in [1.29, 1.82) is 0 Å². The first-order valence-corrected chi connectivity index (χ1v) is 31.9. The highest BCUT2D eigenvalue weighted by molar-refractivity contribution is 7.45. The lowest BCUT2D eigenvalue weighted by Gasteiger charge is -2.29. The summed E-state index contributed by atoms with van der Waals surface area (Å²) in [4.78, 5) is 25.6. The monoisotopic (exact) mass is 1040 g/mol. The van der Waals surface area contributed by atoms with Crippen molar-refractivity contribution in [2.75, 3.05) is 40.9 Å². The van der Waals surface area contributed by atoms with Crippen LogP contribution in [0.3, 0.4) is 0 Å². The molecule has 0 aromatic heterocycles. The second-order valence-electron chi connectivity index (χ2n) is 21.7. The molecular weight excluding hydrogens is 924 g/mol. The number of phosphoric ester groups is 1. The molecule has 0 saturated carbocycles.